The Balaban J connectivity index is 2.60. The fourth-order valence-corrected chi connectivity index (χ4v) is 2.40. The first kappa shape index (κ1) is 16.6. The summed E-state index contributed by atoms with van der Waals surface area (Å²) >= 11 is 0. The van der Waals surface area contributed by atoms with Gasteiger partial charge in [0.1, 0.15) is 0 Å². The van der Waals surface area contributed by atoms with Gasteiger partial charge in [-0.1, -0.05) is 0 Å². The van der Waals surface area contributed by atoms with Crippen molar-refractivity contribution >= 4 is 17.7 Å². The summed E-state index contributed by atoms with van der Waals surface area (Å²) in [4.78, 5) is 37.4. The van der Waals surface area contributed by atoms with Gasteiger partial charge in [0.25, 0.3) is 0 Å². The van der Waals surface area contributed by atoms with Gasteiger partial charge in [-0.2, -0.15) is 0 Å². The standard InChI is InChI=1S/C14H25N3O3/c1-5-17(14(2,3)4)13(20)12(19)16-11(18)10-6-8-15-9-7-10/h10,15H,5-9H2,1-4H3,(H,16,18,19). The van der Waals surface area contributed by atoms with Crippen LogP contribution in [0.1, 0.15) is 40.5 Å². The Morgan fingerprint density at radius 3 is 2.20 bits per heavy atom. The van der Waals surface area contributed by atoms with Crippen molar-refractivity contribution in [2.45, 2.75) is 46.1 Å². The summed E-state index contributed by atoms with van der Waals surface area (Å²) in [5, 5.41) is 5.39. The first-order valence-corrected chi connectivity index (χ1v) is 7.15. The Labute approximate surface area is 120 Å². The van der Waals surface area contributed by atoms with Crippen molar-refractivity contribution in [2.24, 2.45) is 5.92 Å². The molecule has 6 heteroatoms. The van der Waals surface area contributed by atoms with Crippen LogP contribution in [-0.4, -0.2) is 47.8 Å². The summed E-state index contributed by atoms with van der Waals surface area (Å²) < 4.78 is 0. The third kappa shape index (κ3) is 4.30. The molecule has 114 valence electrons. The van der Waals surface area contributed by atoms with Crippen LogP contribution >= 0.6 is 0 Å². The molecule has 0 atom stereocenters. The van der Waals surface area contributed by atoms with Gasteiger partial charge in [0.05, 0.1) is 0 Å². The van der Waals surface area contributed by atoms with Crippen LogP contribution in [0.3, 0.4) is 0 Å². The molecule has 0 aromatic heterocycles. The second-order valence-corrected chi connectivity index (χ2v) is 6.06. The average Bonchev–Trinajstić information content (AvgIpc) is 2.38. The van der Waals surface area contributed by atoms with Gasteiger partial charge in [0.2, 0.25) is 5.91 Å². The molecular formula is C14H25N3O3. The molecule has 0 bridgehead atoms. The number of rotatable bonds is 2. The summed E-state index contributed by atoms with van der Waals surface area (Å²) in [6.45, 7) is 9.35. The smallest absolute Gasteiger partial charge is 0.316 e. The highest BCUT2D eigenvalue weighted by Gasteiger charge is 2.32. The number of carbonyl (C=O) groups excluding carboxylic acids is 3. The predicted molar refractivity (Wildman–Crippen MR) is 75.9 cm³/mol. The van der Waals surface area contributed by atoms with Gasteiger partial charge in [0.15, 0.2) is 0 Å². The quantitative estimate of drug-likeness (QED) is 0.713. The van der Waals surface area contributed by atoms with Gasteiger partial charge in [-0.25, -0.2) is 0 Å². The molecule has 1 heterocycles. The monoisotopic (exact) mass is 283 g/mol. The Hall–Kier alpha value is -1.43. The molecular weight excluding hydrogens is 258 g/mol. The maximum atomic E-state index is 12.1. The highest BCUT2D eigenvalue weighted by Crippen LogP contribution is 2.14. The van der Waals surface area contributed by atoms with Gasteiger partial charge in [-0.3, -0.25) is 19.7 Å². The number of amides is 3. The van der Waals surface area contributed by atoms with E-state index in [9.17, 15) is 14.4 Å². The lowest BCUT2D eigenvalue weighted by atomic mass is 9.97. The maximum absolute atomic E-state index is 12.1. The number of carbonyl (C=O) groups is 3. The van der Waals surface area contributed by atoms with Gasteiger partial charge in [0, 0.05) is 18.0 Å². The number of piperidine rings is 1. The summed E-state index contributed by atoms with van der Waals surface area (Å²) in [5.41, 5.74) is -0.443. The van der Waals surface area contributed by atoms with Gasteiger partial charge in [-0.05, 0) is 53.6 Å². The molecule has 2 N–H and O–H groups in total. The number of imide groups is 1. The summed E-state index contributed by atoms with van der Waals surface area (Å²) in [5.74, 6) is -2.00. The Bertz CT molecular complexity index is 382. The molecule has 1 aliphatic heterocycles. The van der Waals surface area contributed by atoms with Crippen LogP contribution in [0.2, 0.25) is 0 Å². The van der Waals surface area contributed by atoms with E-state index in [1.165, 1.54) is 4.90 Å². The van der Waals surface area contributed by atoms with Crippen LogP contribution < -0.4 is 10.6 Å². The molecule has 0 aromatic carbocycles. The van der Waals surface area contributed by atoms with Crippen LogP contribution in [-0.2, 0) is 14.4 Å². The maximum Gasteiger partial charge on any atom is 0.316 e. The van der Waals surface area contributed by atoms with Crippen LogP contribution in [0.5, 0.6) is 0 Å². The van der Waals surface area contributed by atoms with Crippen molar-refractivity contribution in [2.75, 3.05) is 19.6 Å². The molecule has 1 saturated heterocycles. The summed E-state index contributed by atoms with van der Waals surface area (Å²) in [6.07, 6.45) is 1.40. The molecule has 0 saturated carbocycles. The van der Waals surface area contributed by atoms with Gasteiger partial charge >= 0.3 is 11.8 Å². The minimum atomic E-state index is -0.828. The zero-order valence-corrected chi connectivity index (χ0v) is 12.8. The molecule has 0 aliphatic carbocycles. The van der Waals surface area contributed by atoms with Crippen molar-refractivity contribution < 1.29 is 14.4 Å². The van der Waals surface area contributed by atoms with E-state index in [0.717, 1.165) is 13.1 Å². The van der Waals surface area contributed by atoms with E-state index in [0.29, 0.717) is 19.4 Å². The van der Waals surface area contributed by atoms with Crippen molar-refractivity contribution in [1.29, 1.82) is 0 Å². The van der Waals surface area contributed by atoms with Crippen molar-refractivity contribution in [1.82, 2.24) is 15.5 Å². The second-order valence-electron chi connectivity index (χ2n) is 6.06. The fourth-order valence-electron chi connectivity index (χ4n) is 2.40. The first-order valence-electron chi connectivity index (χ1n) is 7.15. The molecule has 1 fully saturated rings. The van der Waals surface area contributed by atoms with E-state index in [1.54, 1.807) is 0 Å². The van der Waals surface area contributed by atoms with Gasteiger partial charge < -0.3 is 10.2 Å². The SMILES string of the molecule is CCN(C(=O)C(=O)NC(=O)C1CCNCC1)C(C)(C)C. The van der Waals surface area contributed by atoms with E-state index in [1.807, 2.05) is 27.7 Å². The highest BCUT2D eigenvalue weighted by atomic mass is 16.2. The molecule has 0 unspecified atom stereocenters. The third-order valence-corrected chi connectivity index (χ3v) is 3.51. The fraction of sp³-hybridized carbons (Fsp3) is 0.786. The first-order chi connectivity index (χ1) is 9.27. The van der Waals surface area contributed by atoms with E-state index < -0.39 is 17.4 Å². The van der Waals surface area contributed by atoms with Crippen molar-refractivity contribution in [3.63, 3.8) is 0 Å². The van der Waals surface area contributed by atoms with E-state index in [-0.39, 0.29) is 11.8 Å². The van der Waals surface area contributed by atoms with Crippen LogP contribution in [0.15, 0.2) is 0 Å². The van der Waals surface area contributed by atoms with E-state index in [2.05, 4.69) is 10.6 Å². The molecule has 3 amide bonds. The molecule has 1 rings (SSSR count). The molecule has 0 aromatic rings. The Morgan fingerprint density at radius 1 is 1.20 bits per heavy atom. The van der Waals surface area contributed by atoms with Gasteiger partial charge in [-0.15, -0.1) is 0 Å². The normalized spacial score (nSPS) is 16.6. The molecule has 6 nitrogen and oxygen atoms in total. The lowest BCUT2D eigenvalue weighted by molar-refractivity contribution is -0.151. The zero-order valence-electron chi connectivity index (χ0n) is 12.8. The van der Waals surface area contributed by atoms with Crippen molar-refractivity contribution in [3.8, 4) is 0 Å². The van der Waals surface area contributed by atoms with Crippen molar-refractivity contribution in [3.05, 3.63) is 0 Å². The third-order valence-electron chi connectivity index (χ3n) is 3.51. The average molecular weight is 283 g/mol. The number of likely N-dealkylation sites (N-methyl/N-ethyl adjacent to an activating group) is 1. The minimum Gasteiger partial charge on any atom is -0.330 e. The Morgan fingerprint density at radius 2 is 1.75 bits per heavy atom. The minimum absolute atomic E-state index is 0.183. The van der Waals surface area contributed by atoms with Crippen LogP contribution in [0.4, 0.5) is 0 Å². The predicted octanol–water partition coefficient (Wildman–Crippen LogP) is 0.276. The summed E-state index contributed by atoms with van der Waals surface area (Å²) in [6, 6.07) is 0. The molecule has 0 spiro atoms. The Kier molecular flexibility index (Phi) is 5.68. The number of nitrogens with one attached hydrogen (secondary N) is 2. The number of hydrogen-bond acceptors (Lipinski definition) is 4. The van der Waals surface area contributed by atoms with E-state index in [4.69, 9.17) is 0 Å². The number of hydrogen-bond donors (Lipinski definition) is 2. The highest BCUT2D eigenvalue weighted by molar-refractivity contribution is 6.37. The van der Waals surface area contributed by atoms with E-state index >= 15 is 0 Å². The zero-order chi connectivity index (χ0) is 15.3. The lowest BCUT2D eigenvalue weighted by Crippen LogP contribution is -2.53. The lowest BCUT2D eigenvalue weighted by Gasteiger charge is -2.34. The molecule has 0 radical (unpaired) electrons. The second kappa shape index (κ2) is 6.83. The largest absolute Gasteiger partial charge is 0.330 e. The van der Waals surface area contributed by atoms with Crippen LogP contribution in [0.25, 0.3) is 0 Å². The van der Waals surface area contributed by atoms with Crippen LogP contribution in [0, 0.1) is 5.92 Å². The topological polar surface area (TPSA) is 78.5 Å². The summed E-state index contributed by atoms with van der Waals surface area (Å²) in [7, 11) is 0. The molecule has 1 aliphatic rings. The molecule has 20 heavy (non-hydrogen) atoms. The number of nitrogens with zero attached hydrogens (tertiary/aromatic N) is 1.